The molecule has 2 atom stereocenters. The third-order valence-corrected chi connectivity index (χ3v) is 3.18. The lowest BCUT2D eigenvalue weighted by Crippen LogP contribution is -2.30. The molecular weight excluding hydrogens is 232 g/mol. The van der Waals surface area contributed by atoms with Gasteiger partial charge in [0, 0.05) is 0 Å². The topological polar surface area (TPSA) is 69.7 Å². The molecule has 0 aromatic heterocycles. The molecule has 0 heterocycles. The minimum atomic E-state index is -3.44. The number of carbonyl (C=O) groups is 1. The minimum absolute atomic E-state index is 0.222. The Morgan fingerprint density at radius 2 is 2.06 bits per heavy atom. The SMILES string of the molecule is CCOC(=O)C1CCCC(OS(C)(=O)=O)C1. The maximum atomic E-state index is 11.5. The van der Waals surface area contributed by atoms with E-state index >= 15 is 0 Å². The third kappa shape index (κ3) is 4.49. The van der Waals surface area contributed by atoms with E-state index in [2.05, 4.69) is 0 Å². The molecule has 6 heteroatoms. The Balaban J connectivity index is 2.50. The summed E-state index contributed by atoms with van der Waals surface area (Å²) >= 11 is 0. The molecule has 1 aliphatic rings. The highest BCUT2D eigenvalue weighted by Crippen LogP contribution is 2.28. The van der Waals surface area contributed by atoms with Gasteiger partial charge in [0.15, 0.2) is 0 Å². The number of rotatable bonds is 4. The lowest BCUT2D eigenvalue weighted by Gasteiger charge is -2.26. The van der Waals surface area contributed by atoms with Crippen LogP contribution in [0.3, 0.4) is 0 Å². The summed E-state index contributed by atoms with van der Waals surface area (Å²) in [6.45, 7) is 2.11. The van der Waals surface area contributed by atoms with E-state index < -0.39 is 10.1 Å². The maximum Gasteiger partial charge on any atom is 0.309 e. The summed E-state index contributed by atoms with van der Waals surface area (Å²) in [4.78, 5) is 11.5. The van der Waals surface area contributed by atoms with Crippen LogP contribution in [0.2, 0.25) is 0 Å². The zero-order valence-electron chi connectivity index (χ0n) is 9.64. The smallest absolute Gasteiger partial charge is 0.309 e. The fourth-order valence-electron chi connectivity index (χ4n) is 1.95. The largest absolute Gasteiger partial charge is 0.466 e. The standard InChI is InChI=1S/C10H18O5S/c1-3-14-10(11)8-5-4-6-9(7-8)15-16(2,12)13/h8-9H,3-7H2,1-2H3. The Labute approximate surface area is 96.2 Å². The number of hydrogen-bond donors (Lipinski definition) is 0. The van der Waals surface area contributed by atoms with Gasteiger partial charge in [0.25, 0.3) is 10.1 Å². The number of esters is 1. The summed E-state index contributed by atoms with van der Waals surface area (Å²) in [7, 11) is -3.44. The molecule has 1 saturated carbocycles. The molecule has 0 aliphatic heterocycles. The molecule has 0 aromatic rings. The fourth-order valence-corrected chi connectivity index (χ4v) is 2.62. The van der Waals surface area contributed by atoms with Crippen molar-refractivity contribution >= 4 is 16.1 Å². The summed E-state index contributed by atoms with van der Waals surface area (Å²) in [5, 5.41) is 0. The zero-order valence-corrected chi connectivity index (χ0v) is 10.5. The third-order valence-electron chi connectivity index (χ3n) is 2.56. The molecule has 2 unspecified atom stereocenters. The highest BCUT2D eigenvalue weighted by molar-refractivity contribution is 7.86. The molecule has 0 N–H and O–H groups in total. The van der Waals surface area contributed by atoms with Crippen LogP contribution in [0.15, 0.2) is 0 Å². The first-order chi connectivity index (χ1) is 7.42. The molecule has 94 valence electrons. The first-order valence-electron chi connectivity index (χ1n) is 5.47. The molecule has 0 bridgehead atoms. The quantitative estimate of drug-likeness (QED) is 0.551. The fraction of sp³-hybridized carbons (Fsp3) is 0.900. The van der Waals surface area contributed by atoms with Gasteiger partial charge in [-0.1, -0.05) is 0 Å². The van der Waals surface area contributed by atoms with Crippen LogP contribution in [-0.2, 0) is 23.8 Å². The minimum Gasteiger partial charge on any atom is -0.466 e. The Kier molecular flexibility index (Phi) is 4.73. The summed E-state index contributed by atoms with van der Waals surface area (Å²) in [5.74, 6) is -0.468. The van der Waals surface area contributed by atoms with E-state index in [1.54, 1.807) is 6.92 Å². The number of ether oxygens (including phenoxy) is 1. The van der Waals surface area contributed by atoms with Crippen LogP contribution in [0, 0.1) is 5.92 Å². The van der Waals surface area contributed by atoms with E-state index in [9.17, 15) is 13.2 Å². The van der Waals surface area contributed by atoms with Gasteiger partial charge < -0.3 is 4.74 Å². The number of carbonyl (C=O) groups excluding carboxylic acids is 1. The van der Waals surface area contributed by atoms with Crippen molar-refractivity contribution in [2.75, 3.05) is 12.9 Å². The highest BCUT2D eigenvalue weighted by Gasteiger charge is 2.30. The Hall–Kier alpha value is -0.620. The van der Waals surface area contributed by atoms with Crippen LogP contribution in [0.1, 0.15) is 32.6 Å². The molecule has 1 rings (SSSR count). The maximum absolute atomic E-state index is 11.5. The van der Waals surface area contributed by atoms with Gasteiger partial charge >= 0.3 is 5.97 Å². The van der Waals surface area contributed by atoms with E-state index in [0.29, 0.717) is 19.4 Å². The van der Waals surface area contributed by atoms with Crippen molar-refractivity contribution in [3.05, 3.63) is 0 Å². The van der Waals surface area contributed by atoms with Crippen LogP contribution >= 0.6 is 0 Å². The zero-order chi connectivity index (χ0) is 12.2. The average molecular weight is 250 g/mol. The molecular formula is C10H18O5S. The van der Waals surface area contributed by atoms with Crippen LogP contribution in [-0.4, -0.2) is 33.4 Å². The molecule has 0 amide bonds. The highest BCUT2D eigenvalue weighted by atomic mass is 32.2. The van der Waals surface area contributed by atoms with Crippen LogP contribution in [0.5, 0.6) is 0 Å². The summed E-state index contributed by atoms with van der Waals surface area (Å²) < 4.78 is 31.7. The van der Waals surface area contributed by atoms with Gasteiger partial charge in [-0.15, -0.1) is 0 Å². The van der Waals surface area contributed by atoms with Crippen molar-refractivity contribution in [2.45, 2.75) is 38.7 Å². The van der Waals surface area contributed by atoms with Crippen molar-refractivity contribution in [3.8, 4) is 0 Å². The van der Waals surface area contributed by atoms with Gasteiger partial charge in [0.1, 0.15) is 0 Å². The van der Waals surface area contributed by atoms with Gasteiger partial charge in [0.2, 0.25) is 0 Å². The van der Waals surface area contributed by atoms with Gasteiger partial charge in [0.05, 0.1) is 24.9 Å². The van der Waals surface area contributed by atoms with Crippen LogP contribution in [0.4, 0.5) is 0 Å². The van der Waals surface area contributed by atoms with Gasteiger partial charge in [-0.05, 0) is 32.6 Å². The normalized spacial score (nSPS) is 26.4. The molecule has 5 nitrogen and oxygen atoms in total. The predicted octanol–water partition coefficient (Wildman–Crippen LogP) is 1.08. The Morgan fingerprint density at radius 1 is 1.38 bits per heavy atom. The Morgan fingerprint density at radius 3 is 2.62 bits per heavy atom. The molecule has 0 aromatic carbocycles. The van der Waals surface area contributed by atoms with Crippen molar-refractivity contribution in [3.63, 3.8) is 0 Å². The molecule has 1 fully saturated rings. The van der Waals surface area contributed by atoms with Crippen molar-refractivity contribution in [1.82, 2.24) is 0 Å². The molecule has 0 saturated heterocycles. The summed E-state index contributed by atoms with van der Waals surface area (Å²) in [6, 6.07) is 0. The van der Waals surface area contributed by atoms with Crippen molar-refractivity contribution < 1.29 is 22.1 Å². The van der Waals surface area contributed by atoms with Crippen molar-refractivity contribution in [2.24, 2.45) is 5.92 Å². The van der Waals surface area contributed by atoms with E-state index in [1.165, 1.54) is 0 Å². The molecule has 0 radical (unpaired) electrons. The number of hydrogen-bond acceptors (Lipinski definition) is 5. The van der Waals surface area contributed by atoms with E-state index in [-0.39, 0.29) is 18.0 Å². The molecule has 16 heavy (non-hydrogen) atoms. The van der Waals surface area contributed by atoms with Gasteiger partial charge in [-0.2, -0.15) is 8.42 Å². The second-order valence-corrected chi connectivity index (χ2v) is 5.64. The molecule has 0 spiro atoms. The predicted molar refractivity (Wildman–Crippen MR) is 58.3 cm³/mol. The lowest BCUT2D eigenvalue weighted by atomic mass is 9.87. The first-order valence-corrected chi connectivity index (χ1v) is 7.29. The van der Waals surface area contributed by atoms with E-state index in [0.717, 1.165) is 19.1 Å². The first kappa shape index (κ1) is 13.4. The van der Waals surface area contributed by atoms with E-state index in [1.807, 2.05) is 0 Å². The second-order valence-electron chi connectivity index (χ2n) is 4.04. The van der Waals surface area contributed by atoms with Crippen molar-refractivity contribution in [1.29, 1.82) is 0 Å². The monoisotopic (exact) mass is 250 g/mol. The lowest BCUT2D eigenvalue weighted by molar-refractivity contribution is -0.150. The summed E-state index contributed by atoms with van der Waals surface area (Å²) in [6.07, 6.45) is 3.32. The Bertz CT molecular complexity index is 335. The van der Waals surface area contributed by atoms with Gasteiger partial charge in [-0.25, -0.2) is 0 Å². The molecule has 1 aliphatic carbocycles. The summed E-state index contributed by atoms with van der Waals surface area (Å²) in [5.41, 5.74) is 0. The van der Waals surface area contributed by atoms with Crippen LogP contribution < -0.4 is 0 Å². The van der Waals surface area contributed by atoms with Gasteiger partial charge in [-0.3, -0.25) is 8.98 Å². The second kappa shape index (κ2) is 5.63. The average Bonchev–Trinajstić information content (AvgIpc) is 2.16. The van der Waals surface area contributed by atoms with Crippen LogP contribution in [0.25, 0.3) is 0 Å². The van der Waals surface area contributed by atoms with E-state index in [4.69, 9.17) is 8.92 Å².